The van der Waals surface area contributed by atoms with Crippen LogP contribution in [0.1, 0.15) is 32.0 Å². The number of fused-ring (bicyclic) bond motifs is 2. The monoisotopic (exact) mass is 470 g/mol. The van der Waals surface area contributed by atoms with E-state index < -0.39 is 5.91 Å². The fourth-order valence-corrected chi connectivity index (χ4v) is 3.92. The molecule has 0 saturated carbocycles. The van der Waals surface area contributed by atoms with Gasteiger partial charge >= 0.3 is 0 Å². The van der Waals surface area contributed by atoms with Gasteiger partial charge in [0.25, 0.3) is 17.7 Å². The number of nitrogens with one attached hydrogen (secondary N) is 3. The number of hydrogen-bond acceptors (Lipinski definition) is 6. The largest absolute Gasteiger partial charge is 0.482 e. The molecule has 1 aliphatic heterocycles. The molecule has 3 heterocycles. The van der Waals surface area contributed by atoms with E-state index in [4.69, 9.17) is 4.74 Å². The lowest BCUT2D eigenvalue weighted by atomic mass is 10.1. The van der Waals surface area contributed by atoms with Crippen LogP contribution < -0.4 is 15.4 Å². The molecule has 2 aromatic carbocycles. The van der Waals surface area contributed by atoms with E-state index in [1.54, 1.807) is 36.3 Å². The van der Waals surface area contributed by atoms with Gasteiger partial charge in [-0.15, -0.1) is 0 Å². The van der Waals surface area contributed by atoms with E-state index in [2.05, 4.69) is 25.6 Å². The highest BCUT2D eigenvalue weighted by Crippen LogP contribution is 2.28. The minimum Gasteiger partial charge on any atom is -0.482 e. The third-order valence-electron chi connectivity index (χ3n) is 5.65. The van der Waals surface area contributed by atoms with Crippen LogP contribution in [0, 0.1) is 0 Å². The van der Waals surface area contributed by atoms with E-state index in [1.165, 1.54) is 6.33 Å². The molecule has 3 amide bonds. The maximum absolute atomic E-state index is 13.1. The first kappa shape index (κ1) is 22.1. The summed E-state index contributed by atoms with van der Waals surface area (Å²) in [5.74, 6) is -0.288. The van der Waals surface area contributed by atoms with Crippen molar-refractivity contribution in [1.82, 2.24) is 25.2 Å². The second kappa shape index (κ2) is 9.26. The lowest BCUT2D eigenvalue weighted by molar-refractivity contribution is -0.118. The zero-order valence-electron chi connectivity index (χ0n) is 18.9. The van der Waals surface area contributed by atoms with Gasteiger partial charge in [-0.1, -0.05) is 36.4 Å². The van der Waals surface area contributed by atoms with E-state index >= 15 is 0 Å². The zero-order valence-corrected chi connectivity index (χ0v) is 18.9. The Morgan fingerprint density at radius 3 is 2.77 bits per heavy atom. The molecule has 10 nitrogen and oxygen atoms in total. The normalized spacial score (nSPS) is 12.4. The average Bonchev–Trinajstić information content (AvgIpc) is 3.31. The van der Waals surface area contributed by atoms with Gasteiger partial charge in [0.1, 0.15) is 17.6 Å². The van der Waals surface area contributed by atoms with Crippen molar-refractivity contribution in [3.05, 3.63) is 83.4 Å². The Kier molecular flexibility index (Phi) is 5.84. The van der Waals surface area contributed by atoms with Crippen molar-refractivity contribution in [1.29, 1.82) is 0 Å². The summed E-state index contributed by atoms with van der Waals surface area (Å²) in [6, 6.07) is 15.0. The first-order chi connectivity index (χ1) is 17.0. The van der Waals surface area contributed by atoms with Gasteiger partial charge in [-0.25, -0.2) is 9.97 Å². The van der Waals surface area contributed by atoms with Crippen molar-refractivity contribution in [3.63, 3.8) is 0 Å². The summed E-state index contributed by atoms with van der Waals surface area (Å²) < 4.78 is 5.35. The molecule has 35 heavy (non-hydrogen) atoms. The Morgan fingerprint density at radius 1 is 1.11 bits per heavy atom. The molecular formula is C25H22N6O4. The van der Waals surface area contributed by atoms with Crippen LogP contribution in [0.2, 0.25) is 0 Å². The summed E-state index contributed by atoms with van der Waals surface area (Å²) in [6.45, 7) is 0.631. The molecule has 4 aromatic rings. The summed E-state index contributed by atoms with van der Waals surface area (Å²) in [6.07, 6.45) is 2.82. The highest BCUT2D eigenvalue weighted by Gasteiger charge is 2.22. The Balaban J connectivity index is 1.31. The number of aromatic nitrogens is 3. The number of hydrogen-bond donors (Lipinski definition) is 3. The van der Waals surface area contributed by atoms with Gasteiger partial charge in [0.05, 0.1) is 16.8 Å². The van der Waals surface area contributed by atoms with Crippen molar-refractivity contribution in [3.8, 4) is 5.75 Å². The molecule has 1 aliphatic rings. The molecule has 0 bridgehead atoms. The number of amides is 3. The van der Waals surface area contributed by atoms with Crippen LogP contribution >= 0.6 is 0 Å². The average molecular weight is 470 g/mol. The predicted octanol–water partition coefficient (Wildman–Crippen LogP) is 2.49. The van der Waals surface area contributed by atoms with Gasteiger partial charge in [0.15, 0.2) is 12.3 Å². The SMILES string of the molecule is CN(Cc1ccccc1)C(=O)c1c[nH]c2c(C(=O)NCc3ccc4c(c3)NC(=O)CO4)ncnc12. The first-order valence-corrected chi connectivity index (χ1v) is 10.9. The molecule has 0 spiro atoms. The number of ether oxygens (including phenoxy) is 1. The Morgan fingerprint density at radius 2 is 1.94 bits per heavy atom. The maximum atomic E-state index is 13.1. The van der Waals surface area contributed by atoms with Gasteiger partial charge < -0.3 is 25.3 Å². The third-order valence-corrected chi connectivity index (χ3v) is 5.65. The second-order valence-corrected chi connectivity index (χ2v) is 8.15. The van der Waals surface area contributed by atoms with Crippen LogP contribution in [0.25, 0.3) is 11.0 Å². The Labute approximate surface area is 200 Å². The van der Waals surface area contributed by atoms with Crippen LogP contribution in [0.3, 0.4) is 0 Å². The number of carbonyl (C=O) groups excluding carboxylic acids is 3. The van der Waals surface area contributed by atoms with Crippen LogP contribution in [0.5, 0.6) is 5.75 Å². The Hall–Kier alpha value is -4.73. The molecule has 0 saturated heterocycles. The molecule has 10 heteroatoms. The topological polar surface area (TPSA) is 129 Å². The molecule has 2 aromatic heterocycles. The number of carbonyl (C=O) groups is 3. The lowest BCUT2D eigenvalue weighted by Gasteiger charge is -2.18. The molecular weight excluding hydrogens is 448 g/mol. The number of H-pyrrole nitrogens is 1. The summed E-state index contributed by atoms with van der Waals surface area (Å²) in [7, 11) is 1.72. The molecule has 0 radical (unpaired) electrons. The van der Waals surface area contributed by atoms with E-state index in [1.807, 2.05) is 30.3 Å². The van der Waals surface area contributed by atoms with Crippen molar-refractivity contribution >= 4 is 34.4 Å². The highest BCUT2D eigenvalue weighted by molar-refractivity contribution is 6.10. The number of aromatic amines is 1. The first-order valence-electron chi connectivity index (χ1n) is 10.9. The van der Waals surface area contributed by atoms with E-state index in [9.17, 15) is 14.4 Å². The predicted molar refractivity (Wildman–Crippen MR) is 128 cm³/mol. The van der Waals surface area contributed by atoms with Crippen LogP contribution in [0.15, 0.2) is 61.1 Å². The van der Waals surface area contributed by atoms with Crippen molar-refractivity contribution in [2.75, 3.05) is 19.0 Å². The molecule has 0 atom stereocenters. The molecule has 176 valence electrons. The van der Waals surface area contributed by atoms with E-state index in [0.717, 1.165) is 11.1 Å². The number of rotatable bonds is 6. The molecule has 0 fully saturated rings. The summed E-state index contributed by atoms with van der Waals surface area (Å²) in [5, 5.41) is 5.56. The van der Waals surface area contributed by atoms with E-state index in [-0.39, 0.29) is 30.7 Å². The zero-order chi connectivity index (χ0) is 24.4. The number of nitrogens with zero attached hydrogens (tertiary/aromatic N) is 3. The smallest absolute Gasteiger partial charge is 0.272 e. The fourth-order valence-electron chi connectivity index (χ4n) is 3.92. The van der Waals surface area contributed by atoms with Crippen LogP contribution in [-0.2, 0) is 17.9 Å². The van der Waals surface area contributed by atoms with Gasteiger partial charge in [-0.3, -0.25) is 14.4 Å². The summed E-state index contributed by atoms with van der Waals surface area (Å²) >= 11 is 0. The maximum Gasteiger partial charge on any atom is 0.272 e. The van der Waals surface area contributed by atoms with Crippen molar-refractivity contribution in [2.24, 2.45) is 0 Å². The molecule has 3 N–H and O–H groups in total. The van der Waals surface area contributed by atoms with Crippen LogP contribution in [-0.4, -0.2) is 51.2 Å². The lowest BCUT2D eigenvalue weighted by Crippen LogP contribution is -2.27. The number of anilines is 1. The Bertz CT molecular complexity index is 1430. The fraction of sp³-hybridized carbons (Fsp3) is 0.160. The second-order valence-electron chi connectivity index (χ2n) is 8.15. The highest BCUT2D eigenvalue weighted by atomic mass is 16.5. The van der Waals surface area contributed by atoms with Gasteiger partial charge in [0.2, 0.25) is 0 Å². The third kappa shape index (κ3) is 4.54. The van der Waals surface area contributed by atoms with Crippen LogP contribution in [0.4, 0.5) is 5.69 Å². The molecule has 0 aliphatic carbocycles. The number of benzene rings is 2. The molecule has 0 unspecified atom stereocenters. The van der Waals surface area contributed by atoms with Gasteiger partial charge in [-0.2, -0.15) is 0 Å². The quantitative estimate of drug-likeness (QED) is 0.397. The van der Waals surface area contributed by atoms with Gasteiger partial charge in [0, 0.05) is 26.3 Å². The van der Waals surface area contributed by atoms with E-state index in [0.29, 0.717) is 34.6 Å². The summed E-state index contributed by atoms with van der Waals surface area (Å²) in [5.41, 5.74) is 3.60. The van der Waals surface area contributed by atoms with Crippen molar-refractivity contribution in [2.45, 2.75) is 13.1 Å². The van der Waals surface area contributed by atoms with Crippen molar-refractivity contribution < 1.29 is 19.1 Å². The molecule has 5 rings (SSSR count). The minimum atomic E-state index is -0.422. The standard InChI is InChI=1S/C25H22N6O4/c1-31(12-15-5-3-2-4-6-15)25(34)17-11-26-22-21(17)28-14-29-23(22)24(33)27-10-16-7-8-19-18(9-16)30-20(32)13-35-19/h2-9,11,14,26H,10,12-13H2,1H3,(H,27,33)(H,30,32). The van der Waals surface area contributed by atoms with Gasteiger partial charge in [-0.05, 0) is 23.3 Å². The minimum absolute atomic E-state index is 0.0184. The summed E-state index contributed by atoms with van der Waals surface area (Å²) in [4.78, 5) is 50.5.